The van der Waals surface area contributed by atoms with Crippen LogP contribution in [0.25, 0.3) is 0 Å². The fourth-order valence-corrected chi connectivity index (χ4v) is 4.20. The zero-order valence-electron chi connectivity index (χ0n) is 13.6. The molecule has 0 bridgehead atoms. The van der Waals surface area contributed by atoms with Gasteiger partial charge in [0.2, 0.25) is 10.0 Å². The maximum absolute atomic E-state index is 12.4. The minimum Gasteiger partial charge on any atom is -0.480 e. The molecule has 140 valence electrons. The number of benzene rings is 1. The highest BCUT2D eigenvalue weighted by Crippen LogP contribution is 2.30. The van der Waals surface area contributed by atoms with E-state index in [1.807, 2.05) is 6.92 Å². The van der Waals surface area contributed by atoms with Crippen molar-refractivity contribution in [2.45, 2.75) is 43.4 Å². The number of halogens is 2. The Hall–Kier alpha value is -1.78. The molecule has 1 aromatic rings. The molecule has 10 heteroatoms. The number of para-hydroxylation sites is 1. The van der Waals surface area contributed by atoms with Crippen molar-refractivity contribution in [1.29, 1.82) is 0 Å². The number of carboxylic acids is 1. The largest absolute Gasteiger partial charge is 0.480 e. The third-order valence-electron chi connectivity index (χ3n) is 4.05. The van der Waals surface area contributed by atoms with Crippen molar-refractivity contribution in [2.75, 3.05) is 13.1 Å². The molecule has 2 rings (SSSR count). The van der Waals surface area contributed by atoms with Gasteiger partial charge in [0.05, 0.1) is 6.54 Å². The highest BCUT2D eigenvalue weighted by Gasteiger charge is 2.37. The molecule has 1 aromatic carbocycles. The zero-order chi connectivity index (χ0) is 18.6. The second kappa shape index (κ2) is 8.07. The lowest BCUT2D eigenvalue weighted by molar-refractivity contribution is -0.139. The van der Waals surface area contributed by atoms with Gasteiger partial charge in [0.15, 0.2) is 0 Å². The molecule has 0 atom stereocenters. The molecule has 0 saturated heterocycles. The second-order valence-corrected chi connectivity index (χ2v) is 7.41. The standard InChI is InChI=1S/C15H20F2N2O5S/c1-2-19(9-14(20)21)11-7-10(8-11)18-25(22,23)13-6-4-3-5-12(13)24-15(16)17/h3-6,10-11,15,18H,2,7-9H2,1H3,(H,20,21). The third kappa shape index (κ3) is 5.10. The number of hydrogen-bond acceptors (Lipinski definition) is 5. The van der Waals surface area contributed by atoms with Crippen molar-refractivity contribution in [1.82, 2.24) is 9.62 Å². The van der Waals surface area contributed by atoms with Crippen LogP contribution in [-0.2, 0) is 14.8 Å². The average molecular weight is 378 g/mol. The van der Waals surface area contributed by atoms with Crippen LogP contribution in [0.3, 0.4) is 0 Å². The molecule has 7 nitrogen and oxygen atoms in total. The van der Waals surface area contributed by atoms with Crippen LogP contribution in [0.4, 0.5) is 8.78 Å². The smallest absolute Gasteiger partial charge is 0.387 e. The number of ether oxygens (including phenoxy) is 1. The van der Waals surface area contributed by atoms with E-state index in [-0.39, 0.29) is 23.5 Å². The van der Waals surface area contributed by atoms with Crippen molar-refractivity contribution in [3.63, 3.8) is 0 Å². The van der Waals surface area contributed by atoms with Crippen molar-refractivity contribution in [3.05, 3.63) is 24.3 Å². The van der Waals surface area contributed by atoms with Crippen molar-refractivity contribution in [2.24, 2.45) is 0 Å². The van der Waals surface area contributed by atoms with Gasteiger partial charge < -0.3 is 9.84 Å². The molecule has 0 spiro atoms. The number of aliphatic carboxylic acids is 1. The normalized spacial score (nSPS) is 20.5. The van der Waals surface area contributed by atoms with E-state index in [1.165, 1.54) is 18.2 Å². The summed E-state index contributed by atoms with van der Waals surface area (Å²) in [7, 11) is -4.02. The van der Waals surface area contributed by atoms with E-state index < -0.39 is 28.4 Å². The van der Waals surface area contributed by atoms with Gasteiger partial charge in [0, 0.05) is 12.1 Å². The average Bonchev–Trinajstić information content (AvgIpc) is 2.48. The van der Waals surface area contributed by atoms with Gasteiger partial charge in [0.1, 0.15) is 10.6 Å². The molecular weight excluding hydrogens is 358 g/mol. The Morgan fingerprint density at radius 2 is 2.04 bits per heavy atom. The fraction of sp³-hybridized carbons (Fsp3) is 0.533. The number of hydrogen-bond donors (Lipinski definition) is 2. The number of nitrogens with zero attached hydrogens (tertiary/aromatic N) is 1. The lowest BCUT2D eigenvalue weighted by Gasteiger charge is -2.42. The van der Waals surface area contributed by atoms with Crippen LogP contribution in [0.15, 0.2) is 29.2 Å². The second-order valence-electron chi connectivity index (χ2n) is 5.73. The summed E-state index contributed by atoms with van der Waals surface area (Å²) in [6, 6.07) is 4.77. The van der Waals surface area contributed by atoms with Crippen LogP contribution in [-0.4, -0.2) is 56.2 Å². The van der Waals surface area contributed by atoms with Crippen LogP contribution in [0.2, 0.25) is 0 Å². The van der Waals surface area contributed by atoms with Gasteiger partial charge in [0.25, 0.3) is 0 Å². The third-order valence-corrected chi connectivity index (χ3v) is 5.61. The van der Waals surface area contributed by atoms with E-state index in [0.29, 0.717) is 19.4 Å². The topological polar surface area (TPSA) is 95.9 Å². The lowest BCUT2D eigenvalue weighted by atomic mass is 9.86. The Kier molecular flexibility index (Phi) is 6.31. The maximum Gasteiger partial charge on any atom is 0.387 e. The summed E-state index contributed by atoms with van der Waals surface area (Å²) in [6.45, 7) is -0.857. The van der Waals surface area contributed by atoms with Gasteiger partial charge in [-0.1, -0.05) is 19.1 Å². The molecule has 1 saturated carbocycles. The highest BCUT2D eigenvalue weighted by atomic mass is 32.2. The lowest BCUT2D eigenvalue weighted by Crippen LogP contribution is -2.54. The van der Waals surface area contributed by atoms with Crippen molar-refractivity contribution >= 4 is 16.0 Å². The molecule has 2 N–H and O–H groups in total. The number of sulfonamides is 1. The van der Waals surface area contributed by atoms with E-state index in [2.05, 4.69) is 9.46 Å². The number of nitrogens with one attached hydrogen (secondary N) is 1. The minimum atomic E-state index is -4.02. The van der Waals surface area contributed by atoms with Crippen LogP contribution in [0.1, 0.15) is 19.8 Å². The number of likely N-dealkylation sites (N-methyl/N-ethyl adjacent to an activating group) is 1. The van der Waals surface area contributed by atoms with Gasteiger partial charge in [-0.05, 0) is 31.5 Å². The molecule has 0 aliphatic heterocycles. The molecular formula is C15H20F2N2O5S. The predicted octanol–water partition coefficient (Wildman–Crippen LogP) is 1.50. The van der Waals surface area contributed by atoms with Gasteiger partial charge in [-0.25, -0.2) is 13.1 Å². The van der Waals surface area contributed by atoms with Gasteiger partial charge in [-0.3, -0.25) is 9.69 Å². The summed E-state index contributed by atoms with van der Waals surface area (Å²) in [4.78, 5) is 12.2. The Bertz CT molecular complexity index is 708. The van der Waals surface area contributed by atoms with E-state index in [0.717, 1.165) is 6.07 Å². The highest BCUT2D eigenvalue weighted by molar-refractivity contribution is 7.89. The number of carboxylic acid groups (broad SMARTS) is 1. The Morgan fingerprint density at radius 1 is 1.40 bits per heavy atom. The molecule has 0 amide bonds. The summed E-state index contributed by atoms with van der Waals surface area (Å²) in [5, 5.41) is 8.86. The number of rotatable bonds is 9. The summed E-state index contributed by atoms with van der Waals surface area (Å²) < 4.78 is 56.4. The van der Waals surface area contributed by atoms with Crippen LogP contribution >= 0.6 is 0 Å². The van der Waals surface area contributed by atoms with E-state index in [1.54, 1.807) is 4.90 Å². The van der Waals surface area contributed by atoms with Crippen LogP contribution in [0, 0.1) is 0 Å². The Balaban J connectivity index is 2.01. The van der Waals surface area contributed by atoms with E-state index in [4.69, 9.17) is 5.11 Å². The molecule has 0 radical (unpaired) electrons. The molecule has 1 aliphatic carbocycles. The molecule has 0 heterocycles. The van der Waals surface area contributed by atoms with Gasteiger partial charge in [-0.2, -0.15) is 8.78 Å². The molecule has 1 fully saturated rings. The molecule has 1 aliphatic rings. The van der Waals surface area contributed by atoms with Crippen molar-refractivity contribution in [3.8, 4) is 5.75 Å². The first-order valence-electron chi connectivity index (χ1n) is 7.75. The van der Waals surface area contributed by atoms with E-state index >= 15 is 0 Å². The van der Waals surface area contributed by atoms with E-state index in [9.17, 15) is 22.0 Å². The first-order chi connectivity index (χ1) is 11.7. The monoisotopic (exact) mass is 378 g/mol. The molecule has 0 aromatic heterocycles. The number of alkyl halides is 2. The number of carbonyl (C=O) groups is 1. The van der Waals surface area contributed by atoms with Crippen LogP contribution in [0.5, 0.6) is 5.75 Å². The van der Waals surface area contributed by atoms with Crippen molar-refractivity contribution < 1.29 is 31.8 Å². The van der Waals surface area contributed by atoms with Gasteiger partial charge in [-0.15, -0.1) is 0 Å². The first kappa shape index (κ1) is 19.5. The minimum absolute atomic E-state index is 0.0265. The van der Waals surface area contributed by atoms with Gasteiger partial charge >= 0.3 is 12.6 Å². The summed E-state index contributed by atoms with van der Waals surface area (Å²) in [5.74, 6) is -1.36. The van der Waals surface area contributed by atoms with Crippen LogP contribution < -0.4 is 9.46 Å². The summed E-state index contributed by atoms with van der Waals surface area (Å²) >= 11 is 0. The maximum atomic E-state index is 12.4. The zero-order valence-corrected chi connectivity index (χ0v) is 14.4. The molecule has 25 heavy (non-hydrogen) atoms. The summed E-state index contributed by atoms with van der Waals surface area (Å²) in [6.07, 6.45) is 0.913. The summed E-state index contributed by atoms with van der Waals surface area (Å²) in [5.41, 5.74) is 0. The predicted molar refractivity (Wildman–Crippen MR) is 85.1 cm³/mol. The SMILES string of the molecule is CCN(CC(=O)O)C1CC(NS(=O)(=O)c2ccccc2OC(F)F)C1. The quantitative estimate of drug-likeness (QED) is 0.676. The fourth-order valence-electron chi connectivity index (χ4n) is 2.80. The molecule has 0 unspecified atom stereocenters. The Labute approximate surface area is 144 Å². The Morgan fingerprint density at radius 3 is 2.60 bits per heavy atom. The first-order valence-corrected chi connectivity index (χ1v) is 9.23.